The molecule has 2 aliphatic rings. The molecular weight excluding hydrogens is 431 g/mol. The van der Waals surface area contributed by atoms with Crippen molar-refractivity contribution < 1.29 is 4.57 Å². The molecule has 0 radical (unpaired) electrons. The van der Waals surface area contributed by atoms with Crippen LogP contribution in [0, 0.1) is 0 Å². The quantitative estimate of drug-likeness (QED) is 0.252. The predicted octanol–water partition coefficient (Wildman–Crippen LogP) is 8.29. The van der Waals surface area contributed by atoms with Crippen LogP contribution in [0.15, 0.2) is 127 Å². The summed E-state index contributed by atoms with van der Waals surface area (Å²) < 4.78 is 15.7. The molecule has 0 bridgehead atoms. The highest BCUT2D eigenvalue weighted by Gasteiger charge is 2.48. The lowest BCUT2D eigenvalue weighted by Crippen LogP contribution is -2.06. The number of hydrogen-bond donors (Lipinski definition) is 0. The van der Waals surface area contributed by atoms with Gasteiger partial charge in [0.15, 0.2) is 7.14 Å². The van der Waals surface area contributed by atoms with Crippen molar-refractivity contribution >= 4 is 45.0 Å². The molecule has 0 fully saturated rings. The second-order valence-electron chi connectivity index (χ2n) is 8.83. The highest BCUT2D eigenvalue weighted by molar-refractivity contribution is 7.91. The second-order valence-corrected chi connectivity index (χ2v) is 11.5. The van der Waals surface area contributed by atoms with Crippen molar-refractivity contribution in [3.8, 4) is 0 Å². The Kier molecular flexibility index (Phi) is 4.19. The van der Waals surface area contributed by atoms with Crippen LogP contribution in [0.5, 0.6) is 0 Å². The topological polar surface area (TPSA) is 17.1 Å². The van der Waals surface area contributed by atoms with E-state index in [1.54, 1.807) is 0 Å². The van der Waals surface area contributed by atoms with Gasteiger partial charge in [0.05, 0.1) is 0 Å². The maximum Gasteiger partial charge on any atom is 0.173 e. The molecule has 1 heterocycles. The number of rotatable bonds is 3. The minimum absolute atomic E-state index is 0.881. The van der Waals surface area contributed by atoms with Crippen LogP contribution in [0.25, 0.3) is 32.5 Å². The van der Waals surface area contributed by atoms with Gasteiger partial charge in [0.1, 0.15) is 0 Å². The van der Waals surface area contributed by atoms with Crippen molar-refractivity contribution in [3.05, 3.63) is 150 Å². The molecule has 0 N–H and O–H groups in total. The van der Waals surface area contributed by atoms with Crippen LogP contribution in [-0.2, 0) is 4.57 Å². The summed E-state index contributed by atoms with van der Waals surface area (Å²) in [7, 11) is -3.17. The van der Waals surface area contributed by atoms with E-state index >= 15 is 4.57 Å². The molecule has 0 atom stereocenters. The predicted molar refractivity (Wildman–Crippen MR) is 144 cm³/mol. The molecule has 7 rings (SSSR count). The monoisotopic (exact) mass is 452 g/mol. The standard InChI is InChI=1S/C32H21OP/c33-34(25-18-8-3-9-19-25)31(23-12-4-1-5-13-23)29-26-20-10-16-22-17-11-21-27(28(22)26)30(29)32(34)24-14-6-2-7-15-24/h1-21H. The molecule has 0 saturated carbocycles. The van der Waals surface area contributed by atoms with E-state index in [-0.39, 0.29) is 0 Å². The Hall–Kier alpha value is -3.93. The second kappa shape index (κ2) is 7.29. The molecule has 34 heavy (non-hydrogen) atoms. The maximum atomic E-state index is 15.7. The summed E-state index contributed by atoms with van der Waals surface area (Å²) in [5.74, 6) is 0. The zero-order valence-electron chi connectivity index (χ0n) is 18.5. The van der Waals surface area contributed by atoms with Crippen LogP contribution >= 0.6 is 7.14 Å². The van der Waals surface area contributed by atoms with Crippen molar-refractivity contribution in [2.75, 3.05) is 0 Å². The summed E-state index contributed by atoms with van der Waals surface area (Å²) >= 11 is 0. The lowest BCUT2D eigenvalue weighted by molar-refractivity contribution is 0.593. The highest BCUT2D eigenvalue weighted by atomic mass is 31.2. The van der Waals surface area contributed by atoms with E-state index in [9.17, 15) is 0 Å². The number of fused-ring (bicyclic) bond motifs is 3. The summed E-state index contributed by atoms with van der Waals surface area (Å²) in [4.78, 5) is 0. The van der Waals surface area contributed by atoms with Crippen LogP contribution in [-0.4, -0.2) is 0 Å². The normalized spacial score (nSPS) is 15.8. The first-order valence-electron chi connectivity index (χ1n) is 11.6. The van der Waals surface area contributed by atoms with Gasteiger partial charge >= 0.3 is 0 Å². The molecule has 160 valence electrons. The average molecular weight is 452 g/mol. The van der Waals surface area contributed by atoms with Gasteiger partial charge in [-0.15, -0.1) is 0 Å². The van der Waals surface area contributed by atoms with Crippen LogP contribution in [0.2, 0.25) is 0 Å². The van der Waals surface area contributed by atoms with E-state index in [1.807, 2.05) is 66.7 Å². The third-order valence-corrected chi connectivity index (χ3v) is 10.3. The molecule has 1 aliphatic heterocycles. The first kappa shape index (κ1) is 19.5. The average Bonchev–Trinajstić information content (AvgIpc) is 3.37. The van der Waals surface area contributed by atoms with Gasteiger partial charge in [0.25, 0.3) is 0 Å². The summed E-state index contributed by atoms with van der Waals surface area (Å²) in [5.41, 5.74) is 6.68. The first-order valence-corrected chi connectivity index (χ1v) is 13.3. The molecule has 0 saturated heterocycles. The van der Waals surface area contributed by atoms with E-state index in [4.69, 9.17) is 0 Å². The third-order valence-electron chi connectivity index (χ3n) is 7.01. The molecule has 5 aromatic rings. The molecule has 5 aromatic carbocycles. The van der Waals surface area contributed by atoms with E-state index < -0.39 is 7.14 Å². The summed E-state index contributed by atoms with van der Waals surface area (Å²) in [6, 6.07) is 43.6. The lowest BCUT2D eigenvalue weighted by Gasteiger charge is -2.23. The fraction of sp³-hybridized carbons (Fsp3) is 0. The highest BCUT2D eigenvalue weighted by Crippen LogP contribution is 2.78. The Bertz CT molecular complexity index is 1590. The molecule has 2 heteroatoms. The van der Waals surface area contributed by atoms with Gasteiger partial charge in [-0.05, 0) is 33.0 Å². The van der Waals surface area contributed by atoms with Crippen LogP contribution in [0.1, 0.15) is 22.3 Å². The van der Waals surface area contributed by atoms with Crippen LogP contribution < -0.4 is 5.30 Å². The summed E-state index contributed by atoms with van der Waals surface area (Å²) in [6.07, 6.45) is 0. The molecular formula is C32H21OP. The minimum atomic E-state index is -3.17. The van der Waals surface area contributed by atoms with Crippen molar-refractivity contribution in [1.29, 1.82) is 0 Å². The van der Waals surface area contributed by atoms with E-state index in [0.29, 0.717) is 0 Å². The summed E-state index contributed by atoms with van der Waals surface area (Å²) in [6.45, 7) is 0. The zero-order valence-corrected chi connectivity index (χ0v) is 19.4. The van der Waals surface area contributed by atoms with Crippen molar-refractivity contribution in [2.45, 2.75) is 0 Å². The zero-order chi connectivity index (χ0) is 22.7. The van der Waals surface area contributed by atoms with Gasteiger partial charge in [-0.2, -0.15) is 0 Å². The van der Waals surface area contributed by atoms with Gasteiger partial charge in [-0.1, -0.05) is 127 Å². The van der Waals surface area contributed by atoms with Gasteiger partial charge < -0.3 is 4.57 Å². The number of allylic oxidation sites excluding steroid dienone is 2. The van der Waals surface area contributed by atoms with Crippen molar-refractivity contribution in [1.82, 2.24) is 0 Å². The van der Waals surface area contributed by atoms with Crippen LogP contribution in [0.3, 0.4) is 0 Å². The first-order chi connectivity index (χ1) is 16.8. The molecule has 0 spiro atoms. The number of benzene rings is 5. The lowest BCUT2D eigenvalue weighted by atomic mass is 9.98. The van der Waals surface area contributed by atoms with E-state index in [1.165, 1.54) is 21.9 Å². The largest absolute Gasteiger partial charge is 0.309 e. The maximum absolute atomic E-state index is 15.7. The fourth-order valence-corrected chi connectivity index (χ4v) is 9.14. The molecule has 1 nitrogen and oxygen atoms in total. The van der Waals surface area contributed by atoms with Gasteiger partial charge in [0.2, 0.25) is 0 Å². The van der Waals surface area contributed by atoms with Gasteiger partial charge in [-0.3, -0.25) is 0 Å². The van der Waals surface area contributed by atoms with E-state index in [2.05, 4.69) is 60.7 Å². The van der Waals surface area contributed by atoms with Crippen molar-refractivity contribution in [3.63, 3.8) is 0 Å². The Morgan fingerprint density at radius 3 is 1.35 bits per heavy atom. The summed E-state index contributed by atoms with van der Waals surface area (Å²) in [5, 5.41) is 5.27. The minimum Gasteiger partial charge on any atom is -0.309 e. The SMILES string of the molecule is O=P1(c2ccccc2)C(c2ccccc2)=C2C(=C1c1ccccc1)c1cccc3cccc2c13. The Morgan fingerprint density at radius 2 is 0.882 bits per heavy atom. The molecule has 0 unspecified atom stereocenters. The molecule has 0 aromatic heterocycles. The van der Waals surface area contributed by atoms with Gasteiger partial charge in [0, 0.05) is 27.1 Å². The van der Waals surface area contributed by atoms with E-state index in [0.717, 1.165) is 38.2 Å². The Morgan fingerprint density at radius 1 is 0.441 bits per heavy atom. The Labute approximate surface area is 199 Å². The van der Waals surface area contributed by atoms with Crippen LogP contribution in [0.4, 0.5) is 0 Å². The fourth-order valence-electron chi connectivity index (χ4n) is 5.69. The number of hydrogen-bond acceptors (Lipinski definition) is 1. The third kappa shape index (κ3) is 2.54. The Balaban J connectivity index is 1.71. The van der Waals surface area contributed by atoms with Crippen molar-refractivity contribution in [2.24, 2.45) is 0 Å². The van der Waals surface area contributed by atoms with Gasteiger partial charge in [-0.25, -0.2) is 0 Å². The molecule has 0 amide bonds. The smallest absolute Gasteiger partial charge is 0.173 e. The molecule has 1 aliphatic carbocycles.